The van der Waals surface area contributed by atoms with E-state index in [1.165, 1.54) is 29.1 Å². The molecule has 154 valence electrons. The molecule has 29 heavy (non-hydrogen) atoms. The summed E-state index contributed by atoms with van der Waals surface area (Å²) < 4.78 is 56.4. The Kier molecular flexibility index (Phi) is 6.21. The number of para-hydroxylation sites is 1. The summed E-state index contributed by atoms with van der Waals surface area (Å²) in [7, 11) is 2.30. The van der Waals surface area contributed by atoms with Crippen molar-refractivity contribution in [3.63, 3.8) is 0 Å². The SMILES string of the molecule is CN(C)c1ccccc1CS(=O)c1nccn1-c1cc(OCC(F)(F)F)ccn1. The first kappa shape index (κ1) is 20.8. The molecule has 1 atom stereocenters. The van der Waals surface area contributed by atoms with E-state index >= 15 is 0 Å². The summed E-state index contributed by atoms with van der Waals surface area (Å²) in [6.07, 6.45) is -0.0863. The monoisotopic (exact) mass is 424 g/mol. The summed E-state index contributed by atoms with van der Waals surface area (Å²) >= 11 is 0. The van der Waals surface area contributed by atoms with Crippen LogP contribution in [0.3, 0.4) is 0 Å². The van der Waals surface area contributed by atoms with Crippen LogP contribution in [0, 0.1) is 0 Å². The van der Waals surface area contributed by atoms with E-state index in [1.807, 2.05) is 43.3 Å². The van der Waals surface area contributed by atoms with Gasteiger partial charge in [0.15, 0.2) is 6.61 Å². The van der Waals surface area contributed by atoms with Gasteiger partial charge in [0.1, 0.15) is 11.6 Å². The van der Waals surface area contributed by atoms with Gasteiger partial charge in [0.2, 0.25) is 5.16 Å². The molecule has 0 N–H and O–H groups in total. The molecule has 0 aliphatic rings. The van der Waals surface area contributed by atoms with E-state index in [-0.39, 0.29) is 22.5 Å². The minimum atomic E-state index is -4.44. The molecule has 1 unspecified atom stereocenters. The molecule has 3 rings (SSSR count). The quantitative estimate of drug-likeness (QED) is 0.580. The van der Waals surface area contributed by atoms with Crippen molar-refractivity contribution >= 4 is 16.5 Å². The highest BCUT2D eigenvalue weighted by atomic mass is 32.2. The predicted octanol–water partition coefficient (Wildman–Crippen LogP) is 3.58. The summed E-state index contributed by atoms with van der Waals surface area (Å²) in [4.78, 5) is 10.2. The van der Waals surface area contributed by atoms with Gasteiger partial charge < -0.3 is 9.64 Å². The van der Waals surface area contributed by atoms with Gasteiger partial charge >= 0.3 is 6.18 Å². The van der Waals surface area contributed by atoms with Crippen molar-refractivity contribution in [1.29, 1.82) is 0 Å². The van der Waals surface area contributed by atoms with Gasteiger partial charge in [-0.3, -0.25) is 8.78 Å². The molecule has 10 heteroatoms. The lowest BCUT2D eigenvalue weighted by Crippen LogP contribution is -2.19. The lowest BCUT2D eigenvalue weighted by atomic mass is 10.2. The molecule has 6 nitrogen and oxygen atoms in total. The molecule has 0 saturated carbocycles. The van der Waals surface area contributed by atoms with Gasteiger partial charge in [0.05, 0.1) is 16.6 Å². The standard InChI is InChI=1S/C19H19F3N4O2S/c1-25(2)16-6-4-3-5-14(16)12-29(27)18-24-9-10-26(18)17-11-15(7-8-23-17)28-13-19(20,21)22/h3-11H,12-13H2,1-2H3. The van der Waals surface area contributed by atoms with Gasteiger partial charge in [0.25, 0.3) is 0 Å². The molecule has 0 amide bonds. The van der Waals surface area contributed by atoms with Crippen molar-refractivity contribution in [2.24, 2.45) is 0 Å². The number of imidazole rings is 1. The second-order valence-corrected chi connectivity index (χ2v) is 7.69. The van der Waals surface area contributed by atoms with Crippen LogP contribution in [0.15, 0.2) is 60.1 Å². The molecule has 1 aromatic carbocycles. The second-order valence-electron chi connectivity index (χ2n) is 6.35. The van der Waals surface area contributed by atoms with E-state index in [2.05, 4.69) is 9.97 Å². The summed E-state index contributed by atoms with van der Waals surface area (Å²) in [6, 6.07) is 10.3. The van der Waals surface area contributed by atoms with Crippen molar-refractivity contribution in [3.05, 3.63) is 60.6 Å². The average Bonchev–Trinajstić information content (AvgIpc) is 3.16. The fourth-order valence-corrected chi connectivity index (χ4v) is 3.90. The first-order valence-corrected chi connectivity index (χ1v) is 9.89. The van der Waals surface area contributed by atoms with E-state index in [1.54, 1.807) is 6.20 Å². The van der Waals surface area contributed by atoms with E-state index < -0.39 is 23.6 Å². The van der Waals surface area contributed by atoms with Crippen LogP contribution in [0.1, 0.15) is 5.56 Å². The fourth-order valence-electron chi connectivity index (χ4n) is 2.69. The molecule has 0 fully saturated rings. The number of aromatic nitrogens is 3. The number of halogens is 3. The van der Waals surface area contributed by atoms with Crippen LogP contribution in [-0.2, 0) is 16.6 Å². The van der Waals surface area contributed by atoms with Crippen molar-refractivity contribution in [3.8, 4) is 11.6 Å². The van der Waals surface area contributed by atoms with Gasteiger partial charge in [-0.05, 0) is 17.7 Å². The lowest BCUT2D eigenvalue weighted by molar-refractivity contribution is -0.153. The zero-order valence-corrected chi connectivity index (χ0v) is 16.6. The Morgan fingerprint density at radius 2 is 1.90 bits per heavy atom. The van der Waals surface area contributed by atoms with Crippen LogP contribution in [0.25, 0.3) is 5.82 Å². The zero-order chi connectivity index (χ0) is 21.0. The molecular formula is C19H19F3N4O2S. The highest BCUT2D eigenvalue weighted by Crippen LogP contribution is 2.24. The number of alkyl halides is 3. The highest BCUT2D eigenvalue weighted by molar-refractivity contribution is 7.84. The minimum Gasteiger partial charge on any atom is -0.484 e. The summed E-state index contributed by atoms with van der Waals surface area (Å²) in [6.45, 7) is -1.40. The lowest BCUT2D eigenvalue weighted by Gasteiger charge is -2.17. The van der Waals surface area contributed by atoms with E-state index in [0.717, 1.165) is 11.3 Å². The normalized spacial score (nSPS) is 12.6. The molecule has 0 spiro atoms. The molecule has 0 aliphatic carbocycles. The van der Waals surface area contributed by atoms with Crippen LogP contribution in [0.2, 0.25) is 0 Å². The molecule has 0 saturated heterocycles. The Bertz CT molecular complexity index is 1000. The first-order valence-electron chi connectivity index (χ1n) is 8.57. The van der Waals surface area contributed by atoms with Crippen molar-refractivity contribution in [2.75, 3.05) is 25.6 Å². The summed E-state index contributed by atoms with van der Waals surface area (Å²) in [5, 5.41) is 0.249. The molecule has 0 radical (unpaired) electrons. The maximum atomic E-state index is 13.0. The van der Waals surface area contributed by atoms with Crippen LogP contribution < -0.4 is 9.64 Å². The second kappa shape index (κ2) is 8.64. The summed E-state index contributed by atoms with van der Waals surface area (Å²) in [5.41, 5.74) is 1.83. The minimum absolute atomic E-state index is 0.00992. The van der Waals surface area contributed by atoms with Crippen molar-refractivity contribution < 1.29 is 22.1 Å². The first-order chi connectivity index (χ1) is 13.7. The molecule has 0 bridgehead atoms. The van der Waals surface area contributed by atoms with Gasteiger partial charge in [-0.2, -0.15) is 13.2 Å². The number of benzene rings is 1. The van der Waals surface area contributed by atoms with Crippen molar-refractivity contribution in [2.45, 2.75) is 17.1 Å². The average molecular weight is 424 g/mol. The van der Waals surface area contributed by atoms with Gasteiger partial charge in [-0.1, -0.05) is 18.2 Å². The van der Waals surface area contributed by atoms with Gasteiger partial charge in [-0.15, -0.1) is 0 Å². The van der Waals surface area contributed by atoms with Crippen LogP contribution in [0.4, 0.5) is 18.9 Å². The third-order valence-corrected chi connectivity index (χ3v) is 5.22. The van der Waals surface area contributed by atoms with Gasteiger partial charge in [-0.25, -0.2) is 9.97 Å². The number of rotatable bonds is 7. The molecule has 2 heterocycles. The van der Waals surface area contributed by atoms with Crippen LogP contribution in [-0.4, -0.2) is 45.6 Å². The Morgan fingerprint density at radius 1 is 1.14 bits per heavy atom. The maximum absolute atomic E-state index is 13.0. The van der Waals surface area contributed by atoms with E-state index in [9.17, 15) is 17.4 Å². The van der Waals surface area contributed by atoms with E-state index in [4.69, 9.17) is 4.74 Å². The summed E-state index contributed by atoms with van der Waals surface area (Å²) in [5.74, 6) is 0.512. The highest BCUT2D eigenvalue weighted by Gasteiger charge is 2.28. The van der Waals surface area contributed by atoms with Crippen LogP contribution in [0.5, 0.6) is 5.75 Å². The topological polar surface area (TPSA) is 60.2 Å². The van der Waals surface area contributed by atoms with Crippen molar-refractivity contribution in [1.82, 2.24) is 14.5 Å². The number of pyridine rings is 1. The predicted molar refractivity (Wildman–Crippen MR) is 104 cm³/mol. The third kappa shape index (κ3) is 5.35. The number of ether oxygens (including phenoxy) is 1. The molecule has 3 aromatic rings. The molecular weight excluding hydrogens is 405 g/mol. The maximum Gasteiger partial charge on any atom is 0.422 e. The number of nitrogens with zero attached hydrogens (tertiary/aromatic N) is 4. The third-order valence-electron chi connectivity index (χ3n) is 3.94. The smallest absolute Gasteiger partial charge is 0.422 e. The van der Waals surface area contributed by atoms with Gasteiger partial charge in [0, 0.05) is 44.4 Å². The molecule has 2 aromatic heterocycles. The Morgan fingerprint density at radius 3 is 2.62 bits per heavy atom. The number of hydrogen-bond donors (Lipinski definition) is 0. The molecule has 0 aliphatic heterocycles. The Balaban J connectivity index is 1.84. The zero-order valence-electron chi connectivity index (χ0n) is 15.8. The van der Waals surface area contributed by atoms with Crippen LogP contribution >= 0.6 is 0 Å². The Labute approximate surface area is 168 Å². The number of hydrogen-bond acceptors (Lipinski definition) is 5. The fraction of sp³-hybridized carbons (Fsp3) is 0.263. The Hall–Kier alpha value is -2.88. The number of anilines is 1. The largest absolute Gasteiger partial charge is 0.484 e. The van der Waals surface area contributed by atoms with E-state index in [0.29, 0.717) is 0 Å².